The van der Waals surface area contributed by atoms with Gasteiger partial charge in [-0.1, -0.05) is 66.4 Å². The van der Waals surface area contributed by atoms with E-state index in [0.717, 1.165) is 12.3 Å². The molecule has 1 aliphatic rings. The third-order valence-corrected chi connectivity index (χ3v) is 10.2. The van der Waals surface area contributed by atoms with Crippen molar-refractivity contribution in [1.29, 1.82) is 0 Å². The molecule has 0 saturated heterocycles. The van der Waals surface area contributed by atoms with Crippen LogP contribution in [0.5, 0.6) is 0 Å². The number of nitrogens with zero attached hydrogens (tertiary/aromatic N) is 1. The summed E-state index contributed by atoms with van der Waals surface area (Å²) in [6, 6.07) is 32.8. The molecule has 1 aliphatic heterocycles. The Morgan fingerprint density at radius 2 is 1.04 bits per heavy atom. The molecule has 0 unspecified atom stereocenters. The summed E-state index contributed by atoms with van der Waals surface area (Å²) in [4.78, 5) is 6.28. The Labute approximate surface area is 148 Å². The molecule has 1 heterocycles. The van der Waals surface area contributed by atoms with Crippen molar-refractivity contribution < 1.29 is 0 Å². The molecule has 0 bridgehead atoms. The maximum Gasteiger partial charge on any atom is 0.227 e. The van der Waals surface area contributed by atoms with E-state index >= 15 is 0 Å². The molecule has 118 valence electrons. The standard InChI is InChI=1S/C21H19NPS/c1-4-10-18(11-5-1)23(21-22-16-17-24-21,19-12-6-2-7-13-19)20-14-8-3-9-15-20/h1-15H,16-17H2/q+1. The van der Waals surface area contributed by atoms with Crippen LogP contribution in [0, 0.1) is 0 Å². The van der Waals surface area contributed by atoms with Gasteiger partial charge in [0, 0.05) is 5.75 Å². The van der Waals surface area contributed by atoms with E-state index in [2.05, 4.69) is 91.0 Å². The number of benzene rings is 3. The van der Waals surface area contributed by atoms with Gasteiger partial charge in [0.1, 0.15) is 15.9 Å². The Balaban J connectivity index is 2.07. The molecule has 0 radical (unpaired) electrons. The molecule has 0 saturated carbocycles. The molecule has 0 aromatic heterocycles. The van der Waals surface area contributed by atoms with Gasteiger partial charge in [-0.25, -0.2) is 4.99 Å². The fourth-order valence-electron chi connectivity index (χ4n) is 3.26. The van der Waals surface area contributed by atoms with Crippen LogP contribution in [0.3, 0.4) is 0 Å². The highest BCUT2D eigenvalue weighted by Gasteiger charge is 2.52. The van der Waals surface area contributed by atoms with Crippen LogP contribution < -0.4 is 15.9 Å². The lowest BCUT2D eigenvalue weighted by Crippen LogP contribution is -2.35. The summed E-state index contributed by atoms with van der Waals surface area (Å²) in [5.41, 5.74) is 0. The van der Waals surface area contributed by atoms with Gasteiger partial charge in [0.05, 0.1) is 6.54 Å². The molecule has 0 atom stereocenters. The number of rotatable bonds is 4. The van der Waals surface area contributed by atoms with Crippen LogP contribution in [0.2, 0.25) is 0 Å². The van der Waals surface area contributed by atoms with E-state index in [1.807, 2.05) is 11.8 Å². The van der Waals surface area contributed by atoms with Gasteiger partial charge in [-0.2, -0.15) is 0 Å². The van der Waals surface area contributed by atoms with E-state index in [1.165, 1.54) is 20.7 Å². The van der Waals surface area contributed by atoms with Crippen molar-refractivity contribution in [2.24, 2.45) is 4.99 Å². The summed E-state index contributed by atoms with van der Waals surface area (Å²) in [5.74, 6) is 1.09. The molecular formula is C21H19NPS+. The maximum atomic E-state index is 4.97. The van der Waals surface area contributed by atoms with Crippen LogP contribution in [0.15, 0.2) is 96.0 Å². The molecule has 0 fully saturated rings. The predicted molar refractivity (Wildman–Crippen MR) is 110 cm³/mol. The lowest BCUT2D eigenvalue weighted by atomic mass is 10.4. The SMILES string of the molecule is c1ccc([P+](C2=NCCS2)(c2ccccc2)c2ccccc2)cc1. The van der Waals surface area contributed by atoms with Gasteiger partial charge in [-0.05, 0) is 36.4 Å². The minimum Gasteiger partial charge on any atom is -0.244 e. The quantitative estimate of drug-likeness (QED) is 0.647. The molecule has 0 aliphatic carbocycles. The second-order valence-corrected chi connectivity index (χ2v) is 10.4. The topological polar surface area (TPSA) is 12.4 Å². The molecule has 1 nitrogen and oxygen atoms in total. The fraction of sp³-hybridized carbons (Fsp3) is 0.0952. The van der Waals surface area contributed by atoms with Gasteiger partial charge < -0.3 is 0 Å². The monoisotopic (exact) mass is 348 g/mol. The molecule has 24 heavy (non-hydrogen) atoms. The third kappa shape index (κ3) is 2.60. The highest BCUT2D eigenvalue weighted by molar-refractivity contribution is 8.35. The van der Waals surface area contributed by atoms with Crippen LogP contribution >= 0.6 is 19.0 Å². The third-order valence-electron chi connectivity index (χ3n) is 4.29. The van der Waals surface area contributed by atoms with Crippen molar-refractivity contribution in [2.45, 2.75) is 0 Å². The van der Waals surface area contributed by atoms with Gasteiger partial charge in [0.2, 0.25) is 4.78 Å². The molecule has 3 aromatic rings. The average molecular weight is 348 g/mol. The zero-order valence-electron chi connectivity index (χ0n) is 13.4. The van der Waals surface area contributed by atoms with Crippen molar-refractivity contribution in [1.82, 2.24) is 0 Å². The number of aliphatic imine (C=N–C) groups is 1. The fourth-order valence-corrected chi connectivity index (χ4v) is 9.53. The van der Waals surface area contributed by atoms with Gasteiger partial charge in [-0.15, -0.1) is 0 Å². The first kappa shape index (κ1) is 15.6. The normalized spacial score (nSPS) is 14.4. The van der Waals surface area contributed by atoms with Crippen molar-refractivity contribution >= 4 is 39.7 Å². The average Bonchev–Trinajstić information content (AvgIpc) is 3.20. The van der Waals surface area contributed by atoms with Crippen LogP contribution in [0.1, 0.15) is 0 Å². The van der Waals surface area contributed by atoms with Crippen LogP contribution in [-0.4, -0.2) is 17.1 Å². The van der Waals surface area contributed by atoms with Crippen LogP contribution in [0.25, 0.3) is 0 Å². The van der Waals surface area contributed by atoms with E-state index < -0.39 is 7.26 Å². The lowest BCUT2D eigenvalue weighted by molar-refractivity contribution is 1.18. The molecule has 4 rings (SSSR count). The molecule has 3 heteroatoms. The summed E-state index contributed by atoms with van der Waals surface area (Å²) in [6.45, 7) is 0.925. The Kier molecular flexibility index (Phi) is 4.51. The smallest absolute Gasteiger partial charge is 0.227 e. The maximum absolute atomic E-state index is 4.97. The Hall–Kier alpha value is -1.89. The van der Waals surface area contributed by atoms with Crippen molar-refractivity contribution in [3.8, 4) is 0 Å². The van der Waals surface area contributed by atoms with E-state index in [0.29, 0.717) is 0 Å². The predicted octanol–water partition coefficient (Wildman–Crippen LogP) is 4.08. The van der Waals surface area contributed by atoms with Crippen molar-refractivity contribution in [3.63, 3.8) is 0 Å². The second kappa shape index (κ2) is 6.93. The van der Waals surface area contributed by atoms with Crippen LogP contribution in [0.4, 0.5) is 0 Å². The second-order valence-electron chi connectivity index (χ2n) is 5.69. The first-order chi connectivity index (χ1) is 11.9. The van der Waals surface area contributed by atoms with Crippen molar-refractivity contribution in [2.75, 3.05) is 12.3 Å². The molecule has 0 spiro atoms. The highest BCUT2D eigenvalue weighted by Crippen LogP contribution is 2.60. The van der Waals surface area contributed by atoms with E-state index in [1.54, 1.807) is 0 Å². The number of thioether (sulfide) groups is 1. The van der Waals surface area contributed by atoms with Gasteiger partial charge in [0.15, 0.2) is 7.26 Å². The largest absolute Gasteiger partial charge is 0.244 e. The van der Waals surface area contributed by atoms with Crippen molar-refractivity contribution in [3.05, 3.63) is 91.0 Å². The summed E-state index contributed by atoms with van der Waals surface area (Å²) in [5, 5.41) is 4.15. The Morgan fingerprint density at radius 3 is 1.38 bits per heavy atom. The summed E-state index contributed by atoms with van der Waals surface area (Å²) in [7, 11) is -1.89. The van der Waals surface area contributed by atoms with Gasteiger partial charge >= 0.3 is 0 Å². The minimum atomic E-state index is -1.89. The van der Waals surface area contributed by atoms with E-state index in [-0.39, 0.29) is 0 Å². The van der Waals surface area contributed by atoms with Gasteiger partial charge in [-0.3, -0.25) is 0 Å². The van der Waals surface area contributed by atoms with E-state index in [4.69, 9.17) is 4.99 Å². The lowest BCUT2D eigenvalue weighted by Gasteiger charge is -2.26. The zero-order valence-corrected chi connectivity index (χ0v) is 15.1. The Bertz CT molecular complexity index is 735. The van der Waals surface area contributed by atoms with E-state index in [9.17, 15) is 0 Å². The first-order valence-electron chi connectivity index (χ1n) is 8.16. The number of hydrogen-bond acceptors (Lipinski definition) is 2. The summed E-state index contributed by atoms with van der Waals surface area (Å²) >= 11 is 1.93. The zero-order chi connectivity index (χ0) is 16.2. The van der Waals surface area contributed by atoms with Gasteiger partial charge in [0.25, 0.3) is 0 Å². The number of hydrogen-bond donors (Lipinski definition) is 0. The first-order valence-corrected chi connectivity index (χ1v) is 10.9. The summed E-state index contributed by atoms with van der Waals surface area (Å²) in [6.07, 6.45) is 0. The summed E-state index contributed by atoms with van der Waals surface area (Å²) < 4.78 is 0. The van der Waals surface area contributed by atoms with Crippen LogP contribution in [-0.2, 0) is 0 Å². The molecular weight excluding hydrogens is 329 g/mol. The molecule has 0 N–H and O–H groups in total. The molecule has 3 aromatic carbocycles. The highest BCUT2D eigenvalue weighted by atomic mass is 32.2. The molecule has 0 amide bonds. The Morgan fingerprint density at radius 1 is 0.625 bits per heavy atom. The minimum absolute atomic E-state index is 0.925.